The third-order valence-electron chi connectivity index (χ3n) is 2.91. The number of aryl methyl sites for hydroxylation is 2. The van der Waals surface area contributed by atoms with Crippen LogP contribution in [0.25, 0.3) is 0 Å². The van der Waals surface area contributed by atoms with Gasteiger partial charge in [0.25, 0.3) is 0 Å². The van der Waals surface area contributed by atoms with Crippen LogP contribution in [-0.4, -0.2) is 10.2 Å². The molecule has 0 spiro atoms. The summed E-state index contributed by atoms with van der Waals surface area (Å²) in [4.78, 5) is 0. The minimum atomic E-state index is -0.0203. The Morgan fingerprint density at radius 2 is 1.56 bits per heavy atom. The number of phenolic OH excluding ortho intramolecular Hbond substituents is 2. The van der Waals surface area contributed by atoms with Gasteiger partial charge in [-0.3, -0.25) is 0 Å². The smallest absolute Gasteiger partial charge is 0.172 e. The first-order valence-corrected chi connectivity index (χ1v) is 5.75. The summed E-state index contributed by atoms with van der Waals surface area (Å²) in [5.41, 5.74) is 2.25. The van der Waals surface area contributed by atoms with Gasteiger partial charge in [-0.15, -0.1) is 0 Å². The molecule has 0 aliphatic heterocycles. The Morgan fingerprint density at radius 1 is 0.944 bits per heavy atom. The third-order valence-corrected chi connectivity index (χ3v) is 2.91. The summed E-state index contributed by atoms with van der Waals surface area (Å²) in [5.74, 6) is 1.09. The van der Waals surface area contributed by atoms with Crippen molar-refractivity contribution in [2.45, 2.75) is 20.8 Å². The lowest BCUT2D eigenvalue weighted by Gasteiger charge is -2.13. The maximum Gasteiger partial charge on any atom is 0.172 e. The van der Waals surface area contributed by atoms with Crippen LogP contribution in [0.15, 0.2) is 30.3 Å². The van der Waals surface area contributed by atoms with Crippen LogP contribution in [0.5, 0.6) is 23.0 Å². The van der Waals surface area contributed by atoms with Gasteiger partial charge in [0.15, 0.2) is 11.5 Å². The van der Waals surface area contributed by atoms with Gasteiger partial charge in [0.2, 0.25) is 0 Å². The highest BCUT2D eigenvalue weighted by Gasteiger charge is 2.14. The monoisotopic (exact) mass is 244 g/mol. The molecule has 0 bridgehead atoms. The molecule has 3 nitrogen and oxygen atoms in total. The molecule has 94 valence electrons. The van der Waals surface area contributed by atoms with E-state index in [1.165, 1.54) is 0 Å². The summed E-state index contributed by atoms with van der Waals surface area (Å²) in [7, 11) is 0. The Labute approximate surface area is 106 Å². The predicted octanol–water partition coefficient (Wildman–Crippen LogP) is 3.82. The zero-order valence-electron chi connectivity index (χ0n) is 10.7. The first kappa shape index (κ1) is 12.3. The lowest BCUT2D eigenvalue weighted by Crippen LogP contribution is -1.91. The molecular weight excluding hydrogens is 228 g/mol. The van der Waals surface area contributed by atoms with E-state index in [4.69, 9.17) is 4.74 Å². The molecular formula is C15H16O3. The molecule has 2 aromatic carbocycles. The van der Waals surface area contributed by atoms with Crippen LogP contribution in [-0.2, 0) is 0 Å². The van der Waals surface area contributed by atoms with Gasteiger partial charge in [-0.2, -0.15) is 0 Å². The van der Waals surface area contributed by atoms with E-state index in [0.29, 0.717) is 22.6 Å². The Morgan fingerprint density at radius 3 is 2.17 bits per heavy atom. The van der Waals surface area contributed by atoms with E-state index in [1.807, 2.05) is 31.2 Å². The van der Waals surface area contributed by atoms with Crippen LogP contribution in [0.2, 0.25) is 0 Å². The Balaban J connectivity index is 2.40. The lowest BCUT2D eigenvalue weighted by atomic mass is 10.1. The van der Waals surface area contributed by atoms with E-state index >= 15 is 0 Å². The van der Waals surface area contributed by atoms with Gasteiger partial charge in [-0.05, 0) is 44.5 Å². The standard InChI is InChI=1S/C15H16O3/c1-9-4-6-12(7-5-9)18-15-10(2)8-13(16)11(3)14(15)17/h4-8,16-17H,1-3H3. The molecule has 0 amide bonds. The van der Waals surface area contributed by atoms with Crippen molar-refractivity contribution in [3.63, 3.8) is 0 Å². The lowest BCUT2D eigenvalue weighted by molar-refractivity contribution is 0.396. The molecule has 3 heteroatoms. The van der Waals surface area contributed by atoms with Crippen molar-refractivity contribution in [3.8, 4) is 23.0 Å². The summed E-state index contributed by atoms with van der Waals surface area (Å²) >= 11 is 0. The van der Waals surface area contributed by atoms with Crippen LogP contribution < -0.4 is 4.74 Å². The van der Waals surface area contributed by atoms with Crippen LogP contribution in [0.1, 0.15) is 16.7 Å². The van der Waals surface area contributed by atoms with Crippen molar-refractivity contribution >= 4 is 0 Å². The second-order valence-electron chi connectivity index (χ2n) is 4.43. The number of rotatable bonds is 2. The molecule has 0 saturated heterocycles. The van der Waals surface area contributed by atoms with E-state index in [0.717, 1.165) is 5.56 Å². The minimum Gasteiger partial charge on any atom is -0.508 e. The van der Waals surface area contributed by atoms with Crippen LogP contribution >= 0.6 is 0 Å². The van der Waals surface area contributed by atoms with E-state index in [9.17, 15) is 10.2 Å². The maximum absolute atomic E-state index is 9.99. The van der Waals surface area contributed by atoms with E-state index in [2.05, 4.69) is 0 Å². The van der Waals surface area contributed by atoms with Crippen molar-refractivity contribution in [1.82, 2.24) is 0 Å². The average molecular weight is 244 g/mol. The SMILES string of the molecule is Cc1ccc(Oc2c(C)cc(O)c(C)c2O)cc1. The second kappa shape index (κ2) is 4.61. The van der Waals surface area contributed by atoms with Gasteiger partial charge in [0.05, 0.1) is 0 Å². The normalized spacial score (nSPS) is 10.4. The number of hydrogen-bond donors (Lipinski definition) is 2. The summed E-state index contributed by atoms with van der Waals surface area (Å²) in [6.07, 6.45) is 0. The minimum absolute atomic E-state index is 0.0203. The topological polar surface area (TPSA) is 49.7 Å². The molecule has 0 aromatic heterocycles. The Bertz CT molecular complexity index is 571. The van der Waals surface area contributed by atoms with Crippen LogP contribution in [0.4, 0.5) is 0 Å². The molecule has 18 heavy (non-hydrogen) atoms. The molecule has 0 atom stereocenters. The third kappa shape index (κ3) is 2.25. The molecule has 2 aromatic rings. The maximum atomic E-state index is 9.99. The fraction of sp³-hybridized carbons (Fsp3) is 0.200. The first-order chi connectivity index (χ1) is 8.49. The Hall–Kier alpha value is -2.16. The van der Waals surface area contributed by atoms with Gasteiger partial charge in [0.1, 0.15) is 11.5 Å². The van der Waals surface area contributed by atoms with Gasteiger partial charge in [-0.25, -0.2) is 0 Å². The predicted molar refractivity (Wildman–Crippen MR) is 70.5 cm³/mol. The highest BCUT2D eigenvalue weighted by Crippen LogP contribution is 2.40. The molecule has 0 aliphatic carbocycles. The fourth-order valence-corrected chi connectivity index (χ4v) is 1.71. The molecule has 2 rings (SSSR count). The highest BCUT2D eigenvalue weighted by molar-refractivity contribution is 5.57. The summed E-state index contributed by atoms with van der Waals surface area (Å²) < 4.78 is 5.67. The molecule has 0 saturated carbocycles. The summed E-state index contributed by atoms with van der Waals surface area (Å²) in [6.45, 7) is 5.42. The number of aromatic hydroxyl groups is 2. The van der Waals surface area contributed by atoms with Crippen LogP contribution in [0.3, 0.4) is 0 Å². The quantitative estimate of drug-likeness (QED) is 0.844. The fourth-order valence-electron chi connectivity index (χ4n) is 1.71. The molecule has 0 aliphatic rings. The number of phenols is 2. The zero-order valence-corrected chi connectivity index (χ0v) is 10.7. The Kier molecular flexibility index (Phi) is 3.15. The number of ether oxygens (including phenoxy) is 1. The zero-order chi connectivity index (χ0) is 13.3. The van der Waals surface area contributed by atoms with Gasteiger partial charge in [0, 0.05) is 5.56 Å². The van der Waals surface area contributed by atoms with Gasteiger partial charge in [-0.1, -0.05) is 17.7 Å². The molecule has 0 unspecified atom stereocenters. The van der Waals surface area contributed by atoms with Gasteiger partial charge >= 0.3 is 0 Å². The van der Waals surface area contributed by atoms with Crippen molar-refractivity contribution < 1.29 is 14.9 Å². The van der Waals surface area contributed by atoms with Crippen molar-refractivity contribution in [3.05, 3.63) is 47.0 Å². The number of benzene rings is 2. The average Bonchev–Trinajstić information content (AvgIpc) is 2.34. The van der Waals surface area contributed by atoms with Crippen LogP contribution in [0, 0.1) is 20.8 Å². The van der Waals surface area contributed by atoms with E-state index < -0.39 is 0 Å². The van der Waals surface area contributed by atoms with Crippen molar-refractivity contribution in [2.24, 2.45) is 0 Å². The molecule has 0 radical (unpaired) electrons. The molecule has 0 heterocycles. The molecule has 2 N–H and O–H groups in total. The van der Waals surface area contributed by atoms with E-state index in [1.54, 1.807) is 19.9 Å². The van der Waals surface area contributed by atoms with Crippen molar-refractivity contribution in [2.75, 3.05) is 0 Å². The number of hydrogen-bond acceptors (Lipinski definition) is 3. The summed E-state index contributed by atoms with van der Waals surface area (Å²) in [5, 5.41) is 19.6. The van der Waals surface area contributed by atoms with E-state index in [-0.39, 0.29) is 11.5 Å². The van der Waals surface area contributed by atoms with Crippen molar-refractivity contribution in [1.29, 1.82) is 0 Å². The largest absolute Gasteiger partial charge is 0.508 e. The second-order valence-corrected chi connectivity index (χ2v) is 4.43. The highest BCUT2D eigenvalue weighted by atomic mass is 16.5. The molecule has 0 fully saturated rings. The van der Waals surface area contributed by atoms with Gasteiger partial charge < -0.3 is 14.9 Å². The summed E-state index contributed by atoms with van der Waals surface area (Å²) in [6, 6.07) is 9.15. The first-order valence-electron chi connectivity index (χ1n) is 5.75.